The molecule has 0 aliphatic carbocycles. The normalized spacial score (nSPS) is 37.3. The van der Waals surface area contributed by atoms with E-state index in [1.807, 2.05) is 0 Å². The highest BCUT2D eigenvalue weighted by Gasteiger charge is 2.51. The van der Waals surface area contributed by atoms with Crippen LogP contribution in [-0.2, 0) is 23.7 Å². The van der Waals surface area contributed by atoms with Gasteiger partial charge in [0.25, 0.3) is 0 Å². The number of aliphatic hydroxyl groups excluding tert-OH is 8. The third-order valence-electron chi connectivity index (χ3n) is 9.57. The zero-order chi connectivity index (χ0) is 39.3. The minimum absolute atomic E-state index is 0.0447. The fourth-order valence-corrected chi connectivity index (χ4v) is 6.40. The highest BCUT2D eigenvalue weighted by Crippen LogP contribution is 2.40. The van der Waals surface area contributed by atoms with E-state index < -0.39 is 127 Å². The van der Waals surface area contributed by atoms with Crippen molar-refractivity contribution in [1.82, 2.24) is 0 Å². The first-order valence-electron chi connectivity index (χ1n) is 16.8. The number of aliphatic hydroxyl groups is 8. The van der Waals surface area contributed by atoms with E-state index in [4.69, 9.17) is 37.6 Å². The molecule has 298 valence electrons. The molecule has 2 aromatic carbocycles. The maximum absolute atomic E-state index is 13.9. The maximum atomic E-state index is 13.9. The van der Waals surface area contributed by atoms with Crippen LogP contribution in [-0.4, -0.2) is 162 Å². The second kappa shape index (κ2) is 15.7. The Morgan fingerprint density at radius 3 is 2.00 bits per heavy atom. The maximum Gasteiger partial charge on any atom is 0.239 e. The molecule has 0 saturated carbocycles. The third-order valence-corrected chi connectivity index (χ3v) is 9.57. The Morgan fingerprint density at radius 1 is 0.685 bits per heavy atom. The molecular weight excluding hydrogens is 728 g/mol. The van der Waals surface area contributed by atoms with E-state index in [-0.39, 0.29) is 28.4 Å². The molecule has 3 fully saturated rings. The van der Waals surface area contributed by atoms with Crippen LogP contribution >= 0.6 is 0 Å². The van der Waals surface area contributed by atoms with Gasteiger partial charge in [0.1, 0.15) is 83.5 Å². The minimum Gasteiger partial charge on any atom is -0.508 e. The molecule has 0 radical (unpaired) electrons. The van der Waals surface area contributed by atoms with Crippen molar-refractivity contribution < 1.29 is 93.7 Å². The quantitative estimate of drug-likeness (QED) is 0.107. The van der Waals surface area contributed by atoms with Crippen molar-refractivity contribution in [3.05, 3.63) is 40.6 Å². The van der Waals surface area contributed by atoms with E-state index in [1.54, 1.807) is 0 Å². The van der Waals surface area contributed by atoms with Crippen LogP contribution in [0.4, 0.5) is 0 Å². The van der Waals surface area contributed by atoms with Gasteiger partial charge in [-0.25, -0.2) is 0 Å². The van der Waals surface area contributed by atoms with Crippen LogP contribution in [0.15, 0.2) is 39.5 Å². The molecule has 3 aromatic rings. The van der Waals surface area contributed by atoms with E-state index in [0.29, 0.717) is 0 Å². The predicted octanol–water partition coefficient (Wildman–Crippen LogP) is -2.53. The van der Waals surface area contributed by atoms with Gasteiger partial charge in [-0.05, 0) is 32.0 Å². The summed E-state index contributed by atoms with van der Waals surface area (Å²) in [5, 5.41) is 115. The molecule has 4 heterocycles. The number of hydrogen-bond acceptors (Lipinski definition) is 20. The van der Waals surface area contributed by atoms with Crippen molar-refractivity contribution in [2.24, 2.45) is 0 Å². The summed E-state index contributed by atoms with van der Waals surface area (Å²) >= 11 is 0. The number of benzene rings is 2. The van der Waals surface area contributed by atoms with E-state index in [9.17, 15) is 61.0 Å². The molecule has 1 aromatic heterocycles. The van der Waals surface area contributed by atoms with Gasteiger partial charge in [-0.15, -0.1) is 0 Å². The molecule has 3 aliphatic rings. The first-order valence-corrected chi connectivity index (χ1v) is 16.8. The number of rotatable bonds is 9. The average molecular weight is 771 g/mol. The van der Waals surface area contributed by atoms with Crippen LogP contribution in [0.5, 0.6) is 28.7 Å². The standard InChI is InChI=1S/C34H42O20/c1-10-20(38)24(42)27(45)32(49-10)54-31-26(44)21(39)11(2)50-34(31)48-9-18-22(40)25(43)28(46)33(52-18)53-30-23(41)19-15(37)7-13(35)8-17(19)51-29(30)12-4-5-14(36)16(6-12)47-3/h4-8,10-11,18,20-22,24-28,31-40,42-46H,9H2,1-3H3/t10?,11?,18?,20?,21?,22?,24?,25?,26?,27?,28?,31?,32-,33?,34?/m0/s1. The second-order valence-electron chi connectivity index (χ2n) is 13.3. The fraction of sp³-hybridized carbons (Fsp3) is 0.559. The van der Waals surface area contributed by atoms with Crippen molar-refractivity contribution in [2.45, 2.75) is 106 Å². The van der Waals surface area contributed by atoms with Gasteiger partial charge < -0.3 is 93.7 Å². The van der Waals surface area contributed by atoms with Gasteiger partial charge in [-0.2, -0.15) is 0 Å². The zero-order valence-corrected chi connectivity index (χ0v) is 28.8. The lowest BCUT2D eigenvalue weighted by Crippen LogP contribution is -2.64. The van der Waals surface area contributed by atoms with Crippen molar-refractivity contribution in [2.75, 3.05) is 13.7 Å². The summed E-state index contributed by atoms with van der Waals surface area (Å²) in [6.07, 6.45) is -24.5. The predicted molar refractivity (Wildman–Crippen MR) is 176 cm³/mol. The smallest absolute Gasteiger partial charge is 0.239 e. The van der Waals surface area contributed by atoms with E-state index in [2.05, 4.69) is 0 Å². The molecule has 0 amide bonds. The molecule has 6 rings (SSSR count). The van der Waals surface area contributed by atoms with Crippen LogP contribution < -0.4 is 14.9 Å². The van der Waals surface area contributed by atoms with Gasteiger partial charge in [0, 0.05) is 17.7 Å². The third kappa shape index (κ3) is 7.41. The topological polar surface area (TPSA) is 317 Å². The number of phenols is 3. The lowest BCUT2D eigenvalue weighted by atomic mass is 9.97. The van der Waals surface area contributed by atoms with Crippen molar-refractivity contribution in [3.8, 4) is 40.1 Å². The molecule has 15 atom stereocenters. The first kappa shape index (κ1) is 39.8. The van der Waals surface area contributed by atoms with Crippen LogP contribution in [0.2, 0.25) is 0 Å². The Kier molecular flexibility index (Phi) is 11.6. The van der Waals surface area contributed by atoms with Crippen molar-refractivity contribution in [1.29, 1.82) is 0 Å². The van der Waals surface area contributed by atoms with Gasteiger partial charge >= 0.3 is 0 Å². The first-order chi connectivity index (χ1) is 25.5. The largest absolute Gasteiger partial charge is 0.508 e. The number of phenolic OH excluding ortho intramolecular Hbond substituents is 3. The Balaban J connectivity index is 1.28. The molecule has 0 spiro atoms. The number of fused-ring (bicyclic) bond motifs is 1. The van der Waals surface area contributed by atoms with Crippen molar-refractivity contribution in [3.63, 3.8) is 0 Å². The lowest BCUT2D eigenvalue weighted by molar-refractivity contribution is -0.367. The minimum atomic E-state index is -2.02. The summed E-state index contributed by atoms with van der Waals surface area (Å²) in [5.41, 5.74) is -1.22. The monoisotopic (exact) mass is 770 g/mol. The van der Waals surface area contributed by atoms with Gasteiger partial charge in [0.05, 0.1) is 25.9 Å². The molecule has 54 heavy (non-hydrogen) atoms. The van der Waals surface area contributed by atoms with Gasteiger partial charge in [0.2, 0.25) is 17.5 Å². The highest BCUT2D eigenvalue weighted by molar-refractivity contribution is 5.88. The average Bonchev–Trinajstić information content (AvgIpc) is 3.13. The van der Waals surface area contributed by atoms with Crippen LogP contribution in [0, 0.1) is 0 Å². The summed E-state index contributed by atoms with van der Waals surface area (Å²) in [6.45, 7) is 2.11. The van der Waals surface area contributed by atoms with E-state index in [1.165, 1.54) is 39.2 Å². The summed E-state index contributed by atoms with van der Waals surface area (Å²) < 4.78 is 45.3. The SMILES string of the molecule is COc1cc(-c2oc3cc(O)cc(O)c3c(=O)c2OC2OC(COC3OC(C)C(O)C(O)C3O[C@@H]3OC(C)C(O)C(O)C3O)C(O)C(O)C2O)ccc1O. The second-order valence-corrected chi connectivity index (χ2v) is 13.3. The molecule has 20 heteroatoms. The molecule has 20 nitrogen and oxygen atoms in total. The zero-order valence-electron chi connectivity index (χ0n) is 28.8. The highest BCUT2D eigenvalue weighted by atomic mass is 16.8. The van der Waals surface area contributed by atoms with Gasteiger partial charge in [-0.3, -0.25) is 4.79 Å². The molecule has 0 bridgehead atoms. The lowest BCUT2D eigenvalue weighted by Gasteiger charge is -2.46. The van der Waals surface area contributed by atoms with Crippen LogP contribution in [0.1, 0.15) is 13.8 Å². The van der Waals surface area contributed by atoms with Gasteiger partial charge in [0.15, 0.2) is 29.8 Å². The molecular formula is C34H42O20. The summed E-state index contributed by atoms with van der Waals surface area (Å²) in [5.74, 6) is -2.48. The van der Waals surface area contributed by atoms with E-state index >= 15 is 0 Å². The Morgan fingerprint density at radius 2 is 1.31 bits per heavy atom. The van der Waals surface area contributed by atoms with Crippen molar-refractivity contribution >= 4 is 11.0 Å². The summed E-state index contributed by atoms with van der Waals surface area (Å²) in [7, 11) is 1.27. The van der Waals surface area contributed by atoms with Gasteiger partial charge in [-0.1, -0.05) is 0 Å². The Bertz CT molecular complexity index is 1850. The number of ether oxygens (including phenoxy) is 7. The number of hydrogen-bond donors (Lipinski definition) is 11. The van der Waals surface area contributed by atoms with Crippen LogP contribution in [0.3, 0.4) is 0 Å². The molecule has 3 saturated heterocycles. The summed E-state index contributed by atoms with van der Waals surface area (Å²) in [4.78, 5) is 13.9. The number of methoxy groups -OCH3 is 1. The molecule has 14 unspecified atom stereocenters. The van der Waals surface area contributed by atoms with E-state index in [0.717, 1.165) is 12.1 Å². The molecule has 3 aliphatic heterocycles. The van der Waals surface area contributed by atoms with Crippen LogP contribution in [0.25, 0.3) is 22.3 Å². The molecule has 11 N–H and O–H groups in total. The summed E-state index contributed by atoms with van der Waals surface area (Å²) in [6, 6.07) is 5.74. The fourth-order valence-electron chi connectivity index (χ4n) is 6.40. The Labute approximate surface area is 305 Å². The Hall–Kier alpha value is -3.87. The number of aromatic hydroxyl groups is 3.